The van der Waals surface area contributed by atoms with Crippen LogP contribution >= 0.6 is 12.4 Å². The Morgan fingerprint density at radius 3 is 2.78 bits per heavy atom. The van der Waals surface area contributed by atoms with E-state index in [2.05, 4.69) is 5.32 Å². The third-order valence-electron chi connectivity index (χ3n) is 4.14. The maximum atomic E-state index is 12.3. The molecule has 1 saturated heterocycles. The zero-order chi connectivity index (χ0) is 15.9. The molecule has 1 amide bonds. The van der Waals surface area contributed by atoms with Crippen LogP contribution in [0.2, 0.25) is 0 Å². The molecule has 23 heavy (non-hydrogen) atoms. The molecule has 0 spiro atoms. The van der Waals surface area contributed by atoms with Crippen LogP contribution in [0, 0.1) is 5.92 Å². The van der Waals surface area contributed by atoms with E-state index < -0.39 is 6.04 Å². The SMILES string of the molecule is COc1cccc(CC(C)NC(=O)C(N)C2CCOCC2)c1.Cl. The van der Waals surface area contributed by atoms with Gasteiger partial charge in [0.05, 0.1) is 13.2 Å². The minimum Gasteiger partial charge on any atom is -0.497 e. The van der Waals surface area contributed by atoms with E-state index in [1.165, 1.54) is 0 Å². The van der Waals surface area contributed by atoms with Crippen LogP contribution in [-0.2, 0) is 16.0 Å². The number of hydrogen-bond donors (Lipinski definition) is 2. The maximum absolute atomic E-state index is 12.3. The van der Waals surface area contributed by atoms with Crippen LogP contribution in [0.5, 0.6) is 5.75 Å². The van der Waals surface area contributed by atoms with Gasteiger partial charge in [-0.05, 0) is 49.8 Å². The van der Waals surface area contributed by atoms with Gasteiger partial charge in [0.25, 0.3) is 0 Å². The summed E-state index contributed by atoms with van der Waals surface area (Å²) >= 11 is 0. The van der Waals surface area contributed by atoms with Crippen molar-refractivity contribution in [2.45, 2.75) is 38.3 Å². The van der Waals surface area contributed by atoms with Crippen molar-refractivity contribution in [2.24, 2.45) is 11.7 Å². The summed E-state index contributed by atoms with van der Waals surface area (Å²) in [6.45, 7) is 3.39. The molecule has 2 atom stereocenters. The topological polar surface area (TPSA) is 73.6 Å². The minimum atomic E-state index is -0.448. The van der Waals surface area contributed by atoms with Crippen LogP contribution in [0.1, 0.15) is 25.3 Å². The van der Waals surface area contributed by atoms with Crippen molar-refractivity contribution < 1.29 is 14.3 Å². The normalized spacial score (nSPS) is 17.7. The number of ether oxygens (including phenoxy) is 2. The number of halogens is 1. The second kappa shape index (κ2) is 9.75. The Balaban J connectivity index is 0.00000264. The Bertz CT molecular complexity index is 492. The van der Waals surface area contributed by atoms with Gasteiger partial charge in [-0.1, -0.05) is 12.1 Å². The first kappa shape index (κ1) is 19.7. The smallest absolute Gasteiger partial charge is 0.237 e. The molecule has 1 aliphatic heterocycles. The van der Waals surface area contributed by atoms with E-state index in [4.69, 9.17) is 15.2 Å². The van der Waals surface area contributed by atoms with Crippen molar-refractivity contribution in [2.75, 3.05) is 20.3 Å². The number of nitrogens with one attached hydrogen (secondary N) is 1. The van der Waals surface area contributed by atoms with Gasteiger partial charge in [0, 0.05) is 19.3 Å². The van der Waals surface area contributed by atoms with Gasteiger partial charge in [-0.15, -0.1) is 12.4 Å². The van der Waals surface area contributed by atoms with Crippen LogP contribution in [0.3, 0.4) is 0 Å². The monoisotopic (exact) mass is 342 g/mol. The summed E-state index contributed by atoms with van der Waals surface area (Å²) in [7, 11) is 1.65. The fourth-order valence-electron chi connectivity index (χ4n) is 2.83. The number of nitrogens with two attached hydrogens (primary N) is 1. The fraction of sp³-hybridized carbons (Fsp3) is 0.588. The first-order valence-electron chi connectivity index (χ1n) is 7.86. The first-order valence-corrected chi connectivity index (χ1v) is 7.86. The van der Waals surface area contributed by atoms with Crippen molar-refractivity contribution in [3.63, 3.8) is 0 Å². The number of benzene rings is 1. The molecule has 0 bridgehead atoms. The fourth-order valence-corrected chi connectivity index (χ4v) is 2.83. The lowest BCUT2D eigenvalue weighted by atomic mass is 9.91. The Morgan fingerprint density at radius 2 is 2.13 bits per heavy atom. The molecule has 3 N–H and O–H groups in total. The third kappa shape index (κ3) is 6.01. The first-order chi connectivity index (χ1) is 10.6. The molecule has 0 aromatic heterocycles. The summed E-state index contributed by atoms with van der Waals surface area (Å²) in [6, 6.07) is 7.47. The van der Waals surface area contributed by atoms with Gasteiger partial charge in [-0.25, -0.2) is 0 Å². The Kier molecular flexibility index (Phi) is 8.37. The number of carbonyl (C=O) groups is 1. The van der Waals surface area contributed by atoms with Crippen molar-refractivity contribution in [1.82, 2.24) is 5.32 Å². The highest BCUT2D eigenvalue weighted by Gasteiger charge is 2.27. The summed E-state index contributed by atoms with van der Waals surface area (Å²) < 4.78 is 10.5. The molecule has 0 saturated carbocycles. The zero-order valence-corrected chi connectivity index (χ0v) is 14.6. The molecular weight excluding hydrogens is 316 g/mol. The van der Waals surface area contributed by atoms with Gasteiger partial charge in [0.15, 0.2) is 0 Å². The number of carbonyl (C=O) groups excluding carboxylic acids is 1. The van der Waals surface area contributed by atoms with E-state index in [1.807, 2.05) is 31.2 Å². The zero-order valence-electron chi connectivity index (χ0n) is 13.8. The van der Waals surface area contributed by atoms with Gasteiger partial charge in [0.2, 0.25) is 5.91 Å². The third-order valence-corrected chi connectivity index (χ3v) is 4.14. The molecule has 0 aliphatic carbocycles. The number of hydrogen-bond acceptors (Lipinski definition) is 4. The van der Waals surface area contributed by atoms with Gasteiger partial charge in [-0.2, -0.15) is 0 Å². The van der Waals surface area contributed by atoms with E-state index in [9.17, 15) is 4.79 Å². The predicted molar refractivity (Wildman–Crippen MR) is 93.1 cm³/mol. The lowest BCUT2D eigenvalue weighted by Gasteiger charge is -2.27. The van der Waals surface area contributed by atoms with Crippen LogP contribution in [0.4, 0.5) is 0 Å². The summed E-state index contributed by atoms with van der Waals surface area (Å²) in [5.41, 5.74) is 7.22. The van der Waals surface area contributed by atoms with Gasteiger partial charge in [0.1, 0.15) is 5.75 Å². The minimum absolute atomic E-state index is 0. The number of amides is 1. The molecule has 6 heteroatoms. The Morgan fingerprint density at radius 1 is 1.43 bits per heavy atom. The highest BCUT2D eigenvalue weighted by Crippen LogP contribution is 2.18. The van der Waals surface area contributed by atoms with Crippen molar-refractivity contribution in [1.29, 1.82) is 0 Å². The van der Waals surface area contributed by atoms with E-state index >= 15 is 0 Å². The molecule has 2 unspecified atom stereocenters. The van der Waals surface area contributed by atoms with Gasteiger partial charge < -0.3 is 20.5 Å². The summed E-state index contributed by atoms with van der Waals surface area (Å²) in [5, 5.41) is 3.02. The lowest BCUT2D eigenvalue weighted by molar-refractivity contribution is -0.124. The summed E-state index contributed by atoms with van der Waals surface area (Å²) in [4.78, 5) is 12.3. The molecule has 1 aromatic rings. The largest absolute Gasteiger partial charge is 0.497 e. The van der Waals surface area contributed by atoms with E-state index in [0.717, 1.165) is 30.6 Å². The van der Waals surface area contributed by atoms with Crippen LogP contribution in [0.15, 0.2) is 24.3 Å². The molecule has 1 aliphatic rings. The van der Waals surface area contributed by atoms with Gasteiger partial charge in [-0.3, -0.25) is 4.79 Å². The van der Waals surface area contributed by atoms with E-state index in [-0.39, 0.29) is 30.3 Å². The van der Waals surface area contributed by atoms with Crippen LogP contribution in [-0.4, -0.2) is 38.3 Å². The summed E-state index contributed by atoms with van der Waals surface area (Å²) in [5.74, 6) is 0.981. The molecule has 5 nitrogen and oxygen atoms in total. The average Bonchev–Trinajstić information content (AvgIpc) is 2.55. The molecular formula is C17H27ClN2O3. The van der Waals surface area contributed by atoms with Crippen molar-refractivity contribution >= 4 is 18.3 Å². The van der Waals surface area contributed by atoms with Crippen LogP contribution in [0.25, 0.3) is 0 Å². The Labute approximate surface area is 144 Å². The molecule has 2 rings (SSSR count). The molecule has 130 valence electrons. The number of methoxy groups -OCH3 is 1. The van der Waals surface area contributed by atoms with Crippen LogP contribution < -0.4 is 15.8 Å². The van der Waals surface area contributed by atoms with E-state index in [1.54, 1.807) is 7.11 Å². The van der Waals surface area contributed by atoms with Crippen molar-refractivity contribution in [3.8, 4) is 5.75 Å². The van der Waals surface area contributed by atoms with Gasteiger partial charge >= 0.3 is 0 Å². The summed E-state index contributed by atoms with van der Waals surface area (Å²) in [6.07, 6.45) is 2.47. The Hall–Kier alpha value is -1.30. The highest BCUT2D eigenvalue weighted by molar-refractivity contribution is 5.85. The lowest BCUT2D eigenvalue weighted by Crippen LogP contribution is -2.49. The number of rotatable bonds is 6. The maximum Gasteiger partial charge on any atom is 0.237 e. The average molecular weight is 343 g/mol. The molecule has 1 heterocycles. The quantitative estimate of drug-likeness (QED) is 0.828. The molecule has 1 fully saturated rings. The second-order valence-electron chi connectivity index (χ2n) is 5.94. The molecule has 0 radical (unpaired) electrons. The second-order valence-corrected chi connectivity index (χ2v) is 5.94. The highest BCUT2D eigenvalue weighted by atomic mass is 35.5. The standard InChI is InChI=1S/C17H26N2O3.ClH/c1-12(10-13-4-3-5-15(11-13)21-2)19-17(20)16(18)14-6-8-22-9-7-14;/h3-5,11-12,14,16H,6-10,18H2,1-2H3,(H,19,20);1H. The molecule has 1 aromatic carbocycles. The predicted octanol–water partition coefficient (Wildman–Crippen LogP) is 1.92. The van der Waals surface area contributed by atoms with Crippen molar-refractivity contribution in [3.05, 3.63) is 29.8 Å². The van der Waals surface area contributed by atoms with E-state index in [0.29, 0.717) is 13.2 Å².